The normalized spacial score (nSPS) is 14.4. The summed E-state index contributed by atoms with van der Waals surface area (Å²) in [5.41, 5.74) is 0.180. The van der Waals surface area contributed by atoms with Crippen molar-refractivity contribution in [1.82, 2.24) is 0 Å². The van der Waals surface area contributed by atoms with Crippen molar-refractivity contribution in [3.63, 3.8) is 0 Å². The van der Waals surface area contributed by atoms with Gasteiger partial charge >= 0.3 is 0 Å². The lowest BCUT2D eigenvalue weighted by atomic mass is 9.74. The molecule has 0 fully saturated rings. The predicted octanol–water partition coefficient (Wildman–Crippen LogP) is 3.61. The van der Waals surface area contributed by atoms with Crippen LogP contribution in [0.15, 0.2) is 0 Å². The summed E-state index contributed by atoms with van der Waals surface area (Å²) in [6, 6.07) is 2.42. The summed E-state index contributed by atoms with van der Waals surface area (Å²) in [6.45, 7) is 10.9. The van der Waals surface area contributed by atoms with Gasteiger partial charge in [0.25, 0.3) is 0 Å². The van der Waals surface area contributed by atoms with E-state index < -0.39 is 0 Å². The largest absolute Gasteiger partial charge is 0.198 e. The number of hydrogen-bond donors (Lipinski definition) is 0. The van der Waals surface area contributed by atoms with E-state index in [-0.39, 0.29) is 11.3 Å². The molecule has 0 aromatic carbocycles. The quantitative estimate of drug-likeness (QED) is 0.627. The Morgan fingerprint density at radius 3 is 2.08 bits per heavy atom. The van der Waals surface area contributed by atoms with Gasteiger partial charge in [-0.2, -0.15) is 5.26 Å². The molecule has 1 atom stereocenters. The van der Waals surface area contributed by atoms with Crippen molar-refractivity contribution >= 4 is 0 Å². The van der Waals surface area contributed by atoms with Gasteiger partial charge in [0.05, 0.1) is 12.0 Å². The average molecular weight is 167 g/mol. The summed E-state index contributed by atoms with van der Waals surface area (Å²) >= 11 is 0. The van der Waals surface area contributed by atoms with Gasteiger partial charge in [-0.05, 0) is 24.2 Å². The van der Waals surface area contributed by atoms with Crippen LogP contribution in [0.2, 0.25) is 0 Å². The fourth-order valence-corrected chi connectivity index (χ4v) is 1.26. The summed E-state index contributed by atoms with van der Waals surface area (Å²) in [5.74, 6) is 0.836. The van der Waals surface area contributed by atoms with E-state index in [4.69, 9.17) is 5.26 Å². The molecule has 0 saturated heterocycles. The minimum Gasteiger partial charge on any atom is -0.198 e. The first-order valence-corrected chi connectivity index (χ1v) is 4.83. The molecule has 1 nitrogen and oxygen atoms in total. The molecule has 0 amide bonds. The maximum absolute atomic E-state index is 8.99. The van der Waals surface area contributed by atoms with Gasteiger partial charge in [-0.25, -0.2) is 0 Å². The monoisotopic (exact) mass is 167 g/mol. The van der Waals surface area contributed by atoms with Gasteiger partial charge in [0, 0.05) is 0 Å². The van der Waals surface area contributed by atoms with Gasteiger partial charge in [0.1, 0.15) is 0 Å². The van der Waals surface area contributed by atoms with Crippen LogP contribution in [0.25, 0.3) is 0 Å². The molecule has 0 aliphatic heterocycles. The Kier molecular flexibility index (Phi) is 4.31. The van der Waals surface area contributed by atoms with E-state index in [2.05, 4.69) is 40.7 Å². The molecule has 0 N–H and O–H groups in total. The molecule has 0 aromatic heterocycles. The smallest absolute Gasteiger partial charge is 0.0661 e. The second kappa shape index (κ2) is 4.50. The SMILES string of the molecule is CCC(C)(C)C(C#N)CC(C)C. The highest BCUT2D eigenvalue weighted by molar-refractivity contribution is 4.93. The Morgan fingerprint density at radius 2 is 1.83 bits per heavy atom. The molecule has 1 heteroatoms. The zero-order valence-corrected chi connectivity index (χ0v) is 9.02. The van der Waals surface area contributed by atoms with E-state index in [1.165, 1.54) is 0 Å². The number of rotatable bonds is 4. The fraction of sp³-hybridized carbons (Fsp3) is 0.909. The highest BCUT2D eigenvalue weighted by atomic mass is 14.4. The molecule has 0 aliphatic carbocycles. The van der Waals surface area contributed by atoms with E-state index in [0.717, 1.165) is 12.8 Å². The van der Waals surface area contributed by atoms with Crippen molar-refractivity contribution in [2.24, 2.45) is 17.3 Å². The number of nitriles is 1. The summed E-state index contributed by atoms with van der Waals surface area (Å²) < 4.78 is 0. The first kappa shape index (κ1) is 11.5. The van der Waals surface area contributed by atoms with Crippen LogP contribution in [-0.4, -0.2) is 0 Å². The Hall–Kier alpha value is -0.510. The Bertz CT molecular complexity index is 162. The molecule has 0 saturated carbocycles. The Labute approximate surface area is 76.8 Å². The molecule has 1 unspecified atom stereocenters. The van der Waals surface area contributed by atoms with E-state index in [1.807, 2.05) is 0 Å². The average Bonchev–Trinajstić information content (AvgIpc) is 1.99. The van der Waals surface area contributed by atoms with Crippen LogP contribution in [0.1, 0.15) is 47.5 Å². The predicted molar refractivity (Wildman–Crippen MR) is 52.6 cm³/mol. The zero-order valence-electron chi connectivity index (χ0n) is 9.02. The van der Waals surface area contributed by atoms with Crippen molar-refractivity contribution in [3.05, 3.63) is 0 Å². The lowest BCUT2D eigenvalue weighted by Gasteiger charge is -2.29. The van der Waals surface area contributed by atoms with Crippen LogP contribution in [0.5, 0.6) is 0 Å². The van der Waals surface area contributed by atoms with Crippen molar-refractivity contribution in [1.29, 1.82) is 5.26 Å². The van der Waals surface area contributed by atoms with Gasteiger partial charge in [0.2, 0.25) is 0 Å². The summed E-state index contributed by atoms with van der Waals surface area (Å²) in [7, 11) is 0. The molecule has 70 valence electrons. The third-order valence-electron chi connectivity index (χ3n) is 2.72. The van der Waals surface area contributed by atoms with Gasteiger partial charge in [-0.1, -0.05) is 34.6 Å². The molecule has 0 radical (unpaired) electrons. The van der Waals surface area contributed by atoms with Crippen LogP contribution < -0.4 is 0 Å². The molecule has 0 rings (SSSR count). The molecular formula is C11H21N. The van der Waals surface area contributed by atoms with Crippen molar-refractivity contribution in [3.8, 4) is 6.07 Å². The van der Waals surface area contributed by atoms with Gasteiger partial charge in [-0.3, -0.25) is 0 Å². The minimum absolute atomic E-state index is 0.180. The Balaban J connectivity index is 4.26. The standard InChI is InChI=1S/C11H21N/c1-6-11(4,5)10(8-12)7-9(2)3/h9-10H,6-7H2,1-5H3. The lowest BCUT2D eigenvalue weighted by Crippen LogP contribution is -2.23. The van der Waals surface area contributed by atoms with Gasteiger partial charge in [-0.15, -0.1) is 0 Å². The topological polar surface area (TPSA) is 23.8 Å². The second-order valence-corrected chi connectivity index (χ2v) is 4.65. The number of hydrogen-bond acceptors (Lipinski definition) is 1. The molecule has 0 bridgehead atoms. The maximum Gasteiger partial charge on any atom is 0.0661 e. The third kappa shape index (κ3) is 3.26. The van der Waals surface area contributed by atoms with E-state index in [9.17, 15) is 0 Å². The molecule has 0 spiro atoms. The van der Waals surface area contributed by atoms with Crippen LogP contribution in [0.4, 0.5) is 0 Å². The lowest BCUT2D eigenvalue weighted by molar-refractivity contribution is 0.224. The minimum atomic E-state index is 0.180. The Morgan fingerprint density at radius 1 is 1.33 bits per heavy atom. The molecular weight excluding hydrogens is 146 g/mol. The molecule has 12 heavy (non-hydrogen) atoms. The first-order chi connectivity index (χ1) is 5.44. The van der Waals surface area contributed by atoms with E-state index in [1.54, 1.807) is 0 Å². The maximum atomic E-state index is 8.99. The van der Waals surface area contributed by atoms with Gasteiger partial charge in [0.15, 0.2) is 0 Å². The summed E-state index contributed by atoms with van der Waals surface area (Å²) in [5, 5.41) is 8.99. The third-order valence-corrected chi connectivity index (χ3v) is 2.72. The summed E-state index contributed by atoms with van der Waals surface area (Å²) in [6.07, 6.45) is 2.11. The summed E-state index contributed by atoms with van der Waals surface area (Å²) in [4.78, 5) is 0. The van der Waals surface area contributed by atoms with Gasteiger partial charge < -0.3 is 0 Å². The molecule has 0 aromatic rings. The second-order valence-electron chi connectivity index (χ2n) is 4.65. The van der Waals surface area contributed by atoms with Crippen LogP contribution in [-0.2, 0) is 0 Å². The zero-order chi connectivity index (χ0) is 9.78. The van der Waals surface area contributed by atoms with Crippen molar-refractivity contribution in [2.75, 3.05) is 0 Å². The highest BCUT2D eigenvalue weighted by Crippen LogP contribution is 2.34. The molecule has 0 heterocycles. The first-order valence-electron chi connectivity index (χ1n) is 4.83. The van der Waals surface area contributed by atoms with Crippen LogP contribution in [0, 0.1) is 28.6 Å². The van der Waals surface area contributed by atoms with E-state index in [0.29, 0.717) is 5.92 Å². The van der Waals surface area contributed by atoms with Crippen molar-refractivity contribution in [2.45, 2.75) is 47.5 Å². The molecule has 0 aliphatic rings. The van der Waals surface area contributed by atoms with E-state index >= 15 is 0 Å². The van der Waals surface area contributed by atoms with Crippen LogP contribution in [0.3, 0.4) is 0 Å². The highest BCUT2D eigenvalue weighted by Gasteiger charge is 2.27. The fourth-order valence-electron chi connectivity index (χ4n) is 1.26. The van der Waals surface area contributed by atoms with Crippen molar-refractivity contribution < 1.29 is 0 Å². The van der Waals surface area contributed by atoms with Crippen LogP contribution >= 0.6 is 0 Å². The number of nitrogens with zero attached hydrogens (tertiary/aromatic N) is 1.